The molecule has 0 bridgehead atoms. The van der Waals surface area contributed by atoms with Gasteiger partial charge in [0.1, 0.15) is 72.4 Å². The zero-order valence-electron chi connectivity index (χ0n) is 69.3. The molecule has 2 heterocycles. The molecule has 602 valence electrons. The Hall–Kier alpha value is -12.0. The van der Waals surface area contributed by atoms with Crippen molar-refractivity contribution in [2.24, 2.45) is 0 Å². The molecular formula is C106H106O12. The van der Waals surface area contributed by atoms with Gasteiger partial charge < -0.3 is 47.4 Å². The van der Waals surface area contributed by atoms with Gasteiger partial charge in [-0.1, -0.05) is 225 Å². The van der Waals surface area contributed by atoms with Gasteiger partial charge in [-0.15, -0.1) is 0 Å². The Morgan fingerprint density at radius 2 is 0.669 bits per heavy atom. The summed E-state index contributed by atoms with van der Waals surface area (Å²) in [5, 5.41) is 4.24. The topological polar surface area (TPSA) is 126 Å². The zero-order chi connectivity index (χ0) is 81.4. The number of fused-ring (bicyclic) bond motifs is 16. The summed E-state index contributed by atoms with van der Waals surface area (Å²) in [5.41, 5.74) is 18.6. The van der Waals surface area contributed by atoms with Crippen LogP contribution in [0.15, 0.2) is 243 Å². The van der Waals surface area contributed by atoms with Gasteiger partial charge in [0.2, 0.25) is 0 Å². The van der Waals surface area contributed by atoms with Gasteiger partial charge in [-0.3, -0.25) is 9.59 Å². The molecule has 16 rings (SSSR count). The predicted octanol–water partition coefficient (Wildman–Crippen LogP) is 25.5. The van der Waals surface area contributed by atoms with Crippen molar-refractivity contribution in [3.8, 4) is 90.5 Å². The van der Waals surface area contributed by atoms with Crippen molar-refractivity contribution in [1.82, 2.24) is 0 Å². The molecule has 0 saturated heterocycles. The maximum absolute atomic E-state index is 12.9. The minimum Gasteiger partial charge on any atom is -0.497 e. The first-order chi connectivity index (χ1) is 57.9. The van der Waals surface area contributed by atoms with Crippen molar-refractivity contribution in [2.75, 3.05) is 54.9 Å². The van der Waals surface area contributed by atoms with E-state index in [1.807, 2.05) is 60.7 Å². The quantitative estimate of drug-likeness (QED) is 0.0277. The summed E-state index contributed by atoms with van der Waals surface area (Å²) < 4.78 is 62.6. The van der Waals surface area contributed by atoms with E-state index < -0.39 is 11.2 Å². The number of benzene rings is 12. The molecule has 12 nitrogen and oxygen atoms in total. The molecule has 2 aliphatic heterocycles. The van der Waals surface area contributed by atoms with Crippen LogP contribution in [0.4, 0.5) is 0 Å². The maximum Gasteiger partial charge on any atom is 0.305 e. The summed E-state index contributed by atoms with van der Waals surface area (Å²) in [7, 11) is 6.83. The Morgan fingerprint density at radius 1 is 0.331 bits per heavy atom. The number of ether oxygens (including phenoxy) is 10. The van der Waals surface area contributed by atoms with Gasteiger partial charge in [0.25, 0.3) is 0 Å². The van der Waals surface area contributed by atoms with Gasteiger partial charge in [-0.2, -0.15) is 0 Å². The Labute approximate surface area is 694 Å². The second kappa shape index (κ2) is 35.0. The molecule has 2 unspecified atom stereocenters. The average molecular weight is 1570 g/mol. The third kappa shape index (κ3) is 15.0. The van der Waals surface area contributed by atoms with E-state index in [1.165, 1.54) is 66.8 Å². The van der Waals surface area contributed by atoms with Gasteiger partial charge in [-0.25, -0.2) is 0 Å². The SMILES string of the molecule is CCCC1(CCC)c2cc(-c3ccccc3)ccc2-c2c1c1c(c3ccc(OC)cc23)OC(c2ccc(OC)cc2)(c2ccc(OCCOC(=O)CCCCCCCCC(=O)OCCOc3ccc(C4(c5ccc(OC)cc5)C=Cc5c6c(c7cc(OC)ccc7c5O4)-c4ccc(-c5ccccc5)cc4C6(CCC)CCC)cc3)cc2)C=C1. The molecule has 0 amide bonds. The molecule has 0 aromatic heterocycles. The van der Waals surface area contributed by atoms with Crippen LogP contribution in [0.25, 0.3) is 78.2 Å². The summed E-state index contributed by atoms with van der Waals surface area (Å²) >= 11 is 0. The first-order valence-electron chi connectivity index (χ1n) is 42.5. The number of carbonyl (C=O) groups excluding carboxylic acids is 2. The Kier molecular flexibility index (Phi) is 23.7. The molecule has 0 fully saturated rings. The number of unbranched alkanes of at least 4 members (excludes halogenated alkanes) is 5. The smallest absolute Gasteiger partial charge is 0.305 e. The third-order valence-electron chi connectivity index (χ3n) is 24.8. The lowest BCUT2D eigenvalue weighted by Crippen LogP contribution is -2.35. The lowest BCUT2D eigenvalue weighted by molar-refractivity contribution is -0.145. The van der Waals surface area contributed by atoms with E-state index in [4.69, 9.17) is 47.4 Å². The standard InChI is InChI=1S/C106H106O12/c1-9-57-103(58-10-2)93-67-73(71-25-19-17-20-26-71)31-51-87(93)97-91-69-83(111-7)49-53-85(91)101-89(99(97)103)55-61-105(117-101,75-33-41-79(109-5)42-34-75)77-37-45-81(46-38-77)113-63-65-115-95(107)29-23-15-13-14-16-24-30-96(108)116-66-64-114-82-47-39-78(40-48-82)106(76-35-43-80(110-6)44-36-76)62-56-90-100-98(92-70-84(112-8)50-54-86(92)102(90)118-106)88-52-32-74(72-27-21-18-22-28-72)68-94(88)104(100,59-11-3)60-12-4/h17-22,25-28,31-56,61-62,67-70H,9-16,23-24,29-30,57-60,63-66H2,1-8H3. The monoisotopic (exact) mass is 1570 g/mol. The number of rotatable bonds is 35. The van der Waals surface area contributed by atoms with Gasteiger partial charge in [0.05, 0.1) is 28.4 Å². The molecule has 4 aliphatic rings. The van der Waals surface area contributed by atoms with E-state index in [-0.39, 0.29) is 49.2 Å². The van der Waals surface area contributed by atoms with Crippen molar-refractivity contribution >= 4 is 45.6 Å². The number of hydrogen-bond donors (Lipinski definition) is 0. The predicted molar refractivity (Wildman–Crippen MR) is 474 cm³/mol. The number of hydrogen-bond acceptors (Lipinski definition) is 12. The van der Waals surface area contributed by atoms with E-state index in [9.17, 15) is 9.59 Å². The van der Waals surface area contributed by atoms with E-state index in [1.54, 1.807) is 28.4 Å². The summed E-state index contributed by atoms with van der Waals surface area (Å²) in [6, 6.07) is 80.8. The van der Waals surface area contributed by atoms with Gasteiger partial charge in [0, 0.05) is 67.8 Å². The van der Waals surface area contributed by atoms with Crippen molar-refractivity contribution in [3.63, 3.8) is 0 Å². The van der Waals surface area contributed by atoms with Crippen molar-refractivity contribution < 1.29 is 57.0 Å². The summed E-state index contributed by atoms with van der Waals surface area (Å²) in [6.45, 7) is 9.90. The highest BCUT2D eigenvalue weighted by molar-refractivity contribution is 6.11. The molecule has 2 atom stereocenters. The molecular weight excluding hydrogens is 1470 g/mol. The fourth-order valence-corrected chi connectivity index (χ4v) is 19.5. The van der Waals surface area contributed by atoms with Crippen molar-refractivity contribution in [3.05, 3.63) is 298 Å². The molecule has 12 aromatic carbocycles. The fraction of sp³-hybridized carbons (Fsp3) is 0.302. The first-order valence-corrected chi connectivity index (χ1v) is 42.5. The highest BCUT2D eigenvalue weighted by Gasteiger charge is 2.51. The third-order valence-corrected chi connectivity index (χ3v) is 24.8. The van der Waals surface area contributed by atoms with Crippen LogP contribution in [0.1, 0.15) is 186 Å². The minimum atomic E-state index is -1.03. The van der Waals surface area contributed by atoms with Crippen LogP contribution in [0, 0.1) is 0 Å². The second-order valence-corrected chi connectivity index (χ2v) is 31.8. The van der Waals surface area contributed by atoms with Crippen LogP contribution in [0.3, 0.4) is 0 Å². The minimum absolute atomic E-state index is 0.131. The van der Waals surface area contributed by atoms with Crippen LogP contribution in [-0.2, 0) is 41.1 Å². The Bertz CT molecular complexity index is 5310. The summed E-state index contributed by atoms with van der Waals surface area (Å²) in [4.78, 5) is 25.9. The van der Waals surface area contributed by atoms with Crippen LogP contribution in [0.2, 0.25) is 0 Å². The molecule has 0 radical (unpaired) electrons. The molecule has 0 saturated carbocycles. The summed E-state index contributed by atoms with van der Waals surface area (Å²) in [5.74, 6) is 5.57. The van der Waals surface area contributed by atoms with E-state index >= 15 is 0 Å². The number of esters is 2. The van der Waals surface area contributed by atoms with Crippen molar-refractivity contribution in [2.45, 2.75) is 152 Å². The molecule has 118 heavy (non-hydrogen) atoms. The van der Waals surface area contributed by atoms with Gasteiger partial charge in [0.15, 0.2) is 11.2 Å². The average Bonchev–Trinajstić information content (AvgIpc) is 1.52. The zero-order valence-corrected chi connectivity index (χ0v) is 69.3. The highest BCUT2D eigenvalue weighted by Crippen LogP contribution is 2.64. The normalized spacial score (nSPS) is 16.0. The lowest BCUT2D eigenvalue weighted by atomic mass is 9.69. The van der Waals surface area contributed by atoms with E-state index in [2.05, 4.69) is 222 Å². The largest absolute Gasteiger partial charge is 0.497 e. The van der Waals surface area contributed by atoms with Crippen LogP contribution < -0.4 is 37.9 Å². The van der Waals surface area contributed by atoms with E-state index in [0.29, 0.717) is 24.3 Å². The van der Waals surface area contributed by atoms with Gasteiger partial charge >= 0.3 is 11.9 Å². The Balaban J connectivity index is 0.506. The molecule has 2 aliphatic carbocycles. The van der Waals surface area contributed by atoms with Crippen LogP contribution in [0.5, 0.6) is 46.0 Å². The van der Waals surface area contributed by atoms with Crippen LogP contribution >= 0.6 is 0 Å². The van der Waals surface area contributed by atoms with E-state index in [0.717, 1.165) is 179 Å². The highest BCUT2D eigenvalue weighted by atomic mass is 16.6. The molecule has 0 N–H and O–H groups in total. The number of methoxy groups -OCH3 is 4. The lowest BCUT2D eigenvalue weighted by Gasteiger charge is -2.40. The maximum atomic E-state index is 12.9. The second-order valence-electron chi connectivity index (χ2n) is 31.8. The molecule has 12 heteroatoms. The van der Waals surface area contributed by atoms with Crippen LogP contribution in [-0.4, -0.2) is 66.8 Å². The first kappa shape index (κ1) is 79.8. The molecule has 12 aromatic rings. The Morgan fingerprint density at radius 3 is 1.02 bits per heavy atom. The summed E-state index contributed by atoms with van der Waals surface area (Å²) in [6.07, 6.45) is 22.9. The van der Waals surface area contributed by atoms with Gasteiger partial charge in [-0.05, 0) is 225 Å². The fourth-order valence-electron chi connectivity index (χ4n) is 19.5. The molecule has 0 spiro atoms. The van der Waals surface area contributed by atoms with Crippen molar-refractivity contribution in [1.29, 1.82) is 0 Å². The number of carbonyl (C=O) groups is 2.